The third-order valence-corrected chi connectivity index (χ3v) is 5.40. The van der Waals surface area contributed by atoms with Crippen molar-refractivity contribution in [1.29, 1.82) is 0 Å². The lowest BCUT2D eigenvalue weighted by Gasteiger charge is -2.30. The summed E-state index contributed by atoms with van der Waals surface area (Å²) in [6.45, 7) is 4.33. The largest absolute Gasteiger partial charge is 0.497 e. The maximum absolute atomic E-state index is 12.4. The maximum Gasteiger partial charge on any atom is 0.310 e. The summed E-state index contributed by atoms with van der Waals surface area (Å²) in [6, 6.07) is 7.08. The minimum absolute atomic E-state index is 0.0977. The Kier molecular flexibility index (Phi) is 6.94. The zero-order valence-electron chi connectivity index (χ0n) is 16.0. The van der Waals surface area contributed by atoms with Crippen molar-refractivity contribution in [2.75, 3.05) is 32.1 Å². The third-order valence-electron chi connectivity index (χ3n) is 4.49. The van der Waals surface area contributed by atoms with Gasteiger partial charge in [0, 0.05) is 12.2 Å². The minimum atomic E-state index is -0.294. The van der Waals surface area contributed by atoms with Crippen molar-refractivity contribution in [3.63, 3.8) is 0 Å². The molecule has 1 saturated heterocycles. The number of methoxy groups -OCH3 is 1. The first kappa shape index (κ1) is 20.2. The van der Waals surface area contributed by atoms with E-state index in [0.29, 0.717) is 30.4 Å². The van der Waals surface area contributed by atoms with Crippen LogP contribution in [-0.2, 0) is 16.1 Å². The molecule has 2 aromatic rings. The van der Waals surface area contributed by atoms with E-state index in [4.69, 9.17) is 9.47 Å². The first-order valence-corrected chi connectivity index (χ1v) is 10.1. The molecule has 1 aliphatic heterocycles. The van der Waals surface area contributed by atoms with E-state index >= 15 is 0 Å². The lowest BCUT2D eigenvalue weighted by Crippen LogP contribution is -2.38. The van der Waals surface area contributed by atoms with Crippen molar-refractivity contribution in [2.45, 2.75) is 26.3 Å². The van der Waals surface area contributed by atoms with Crippen molar-refractivity contribution in [2.24, 2.45) is 5.92 Å². The maximum atomic E-state index is 12.4. The Labute approximate surface area is 167 Å². The number of anilines is 1. The molecule has 8 nitrogen and oxygen atoms in total. The van der Waals surface area contributed by atoms with Crippen LogP contribution in [0.15, 0.2) is 24.3 Å². The van der Waals surface area contributed by atoms with Crippen LogP contribution in [0.4, 0.5) is 5.69 Å². The first-order valence-electron chi connectivity index (χ1n) is 9.25. The van der Waals surface area contributed by atoms with Gasteiger partial charge >= 0.3 is 5.97 Å². The number of carbonyl (C=O) groups is 2. The molecule has 3 rings (SSSR count). The molecule has 2 heterocycles. The van der Waals surface area contributed by atoms with E-state index < -0.39 is 0 Å². The van der Waals surface area contributed by atoms with E-state index in [2.05, 4.69) is 20.4 Å². The molecule has 0 unspecified atom stereocenters. The Hall–Kier alpha value is -2.52. The van der Waals surface area contributed by atoms with E-state index in [9.17, 15) is 9.59 Å². The molecule has 28 heavy (non-hydrogen) atoms. The predicted molar refractivity (Wildman–Crippen MR) is 105 cm³/mol. The molecule has 1 aliphatic rings. The standard InChI is InChI=1S/C19H24N4O4S/c1-3-27-19(25)13-5-4-10-23(11-13)12-16-21-22-18(28-16)17(24)20-14-6-8-15(26-2)9-7-14/h6-9,13H,3-5,10-12H2,1-2H3,(H,20,24)/t13-/m1/s1. The van der Waals surface area contributed by atoms with Crippen molar-refractivity contribution < 1.29 is 19.1 Å². The number of nitrogens with one attached hydrogen (secondary N) is 1. The lowest BCUT2D eigenvalue weighted by molar-refractivity contribution is -0.150. The molecule has 1 amide bonds. The molecule has 1 aromatic heterocycles. The number of nitrogens with zero attached hydrogens (tertiary/aromatic N) is 3. The molecule has 1 fully saturated rings. The van der Waals surface area contributed by atoms with E-state index in [-0.39, 0.29) is 17.8 Å². The quantitative estimate of drug-likeness (QED) is 0.709. The zero-order valence-corrected chi connectivity index (χ0v) is 16.8. The van der Waals surface area contributed by atoms with Gasteiger partial charge < -0.3 is 14.8 Å². The van der Waals surface area contributed by atoms with Crippen LogP contribution >= 0.6 is 11.3 Å². The average Bonchev–Trinajstić information content (AvgIpc) is 3.17. The van der Waals surface area contributed by atoms with E-state index in [0.717, 1.165) is 30.1 Å². The Bertz CT molecular complexity index is 809. The van der Waals surface area contributed by atoms with Crippen molar-refractivity contribution in [3.05, 3.63) is 34.3 Å². The number of ether oxygens (including phenoxy) is 2. The number of amides is 1. The highest BCUT2D eigenvalue weighted by molar-refractivity contribution is 7.13. The molecule has 9 heteroatoms. The van der Waals surface area contributed by atoms with Crippen LogP contribution in [-0.4, -0.2) is 53.8 Å². The van der Waals surface area contributed by atoms with Gasteiger partial charge in [-0.3, -0.25) is 14.5 Å². The fraction of sp³-hybridized carbons (Fsp3) is 0.474. The number of carbonyl (C=O) groups excluding carboxylic acids is 2. The summed E-state index contributed by atoms with van der Waals surface area (Å²) in [4.78, 5) is 26.5. The van der Waals surface area contributed by atoms with Crippen LogP contribution in [0.25, 0.3) is 0 Å². The second-order valence-corrected chi connectivity index (χ2v) is 7.57. The molecule has 0 saturated carbocycles. The van der Waals surface area contributed by atoms with Gasteiger partial charge in [-0.25, -0.2) is 0 Å². The van der Waals surface area contributed by atoms with Crippen molar-refractivity contribution >= 4 is 28.9 Å². The summed E-state index contributed by atoms with van der Waals surface area (Å²) in [5.74, 6) is 0.194. The monoisotopic (exact) mass is 404 g/mol. The van der Waals surface area contributed by atoms with Gasteiger partial charge in [0.25, 0.3) is 5.91 Å². The molecule has 1 N–H and O–H groups in total. The predicted octanol–water partition coefficient (Wildman–Crippen LogP) is 2.57. The van der Waals surface area contributed by atoms with Crippen molar-refractivity contribution in [3.8, 4) is 5.75 Å². The van der Waals surface area contributed by atoms with Gasteiger partial charge in [0.05, 0.1) is 26.2 Å². The Morgan fingerprint density at radius 3 is 2.79 bits per heavy atom. The fourth-order valence-electron chi connectivity index (χ4n) is 3.11. The molecule has 1 atom stereocenters. The van der Waals surface area contributed by atoms with Crippen LogP contribution in [0.1, 0.15) is 34.6 Å². The highest BCUT2D eigenvalue weighted by atomic mass is 32.1. The summed E-state index contributed by atoms with van der Waals surface area (Å²) in [5, 5.41) is 12.0. The topological polar surface area (TPSA) is 93.7 Å². The number of piperidine rings is 1. The molecule has 0 radical (unpaired) electrons. The van der Waals surface area contributed by atoms with Gasteiger partial charge in [0.1, 0.15) is 10.8 Å². The summed E-state index contributed by atoms with van der Waals surface area (Å²) >= 11 is 1.26. The number of hydrogen-bond acceptors (Lipinski definition) is 8. The number of aromatic nitrogens is 2. The Balaban J connectivity index is 1.55. The second-order valence-electron chi connectivity index (χ2n) is 6.51. The van der Waals surface area contributed by atoms with Gasteiger partial charge in [0.15, 0.2) is 0 Å². The second kappa shape index (κ2) is 9.61. The van der Waals surface area contributed by atoms with Gasteiger partial charge in [-0.1, -0.05) is 11.3 Å². The Morgan fingerprint density at radius 1 is 1.29 bits per heavy atom. The van der Waals surface area contributed by atoms with E-state index in [1.807, 2.05) is 6.92 Å². The average molecular weight is 404 g/mol. The molecular formula is C19H24N4O4S. The molecule has 150 valence electrons. The molecule has 0 bridgehead atoms. The number of esters is 1. The van der Waals surface area contributed by atoms with Crippen LogP contribution in [0, 0.1) is 5.92 Å². The summed E-state index contributed by atoms with van der Waals surface area (Å²) in [5.41, 5.74) is 0.663. The SMILES string of the molecule is CCOC(=O)[C@@H]1CCCN(Cc2nnc(C(=O)Nc3ccc(OC)cc3)s2)C1. The normalized spacial score (nSPS) is 17.1. The zero-order chi connectivity index (χ0) is 19.9. The van der Waals surface area contributed by atoms with Gasteiger partial charge in [-0.2, -0.15) is 0 Å². The lowest BCUT2D eigenvalue weighted by atomic mass is 9.98. The van der Waals surface area contributed by atoms with E-state index in [1.54, 1.807) is 31.4 Å². The molecule has 0 aliphatic carbocycles. The number of rotatable bonds is 7. The van der Waals surface area contributed by atoms with Crippen LogP contribution in [0.2, 0.25) is 0 Å². The van der Waals surface area contributed by atoms with Gasteiger partial charge in [-0.05, 0) is 50.6 Å². The molecule has 0 spiro atoms. The van der Waals surface area contributed by atoms with Crippen LogP contribution < -0.4 is 10.1 Å². The van der Waals surface area contributed by atoms with Gasteiger partial charge in [0.2, 0.25) is 5.01 Å². The number of hydrogen-bond donors (Lipinski definition) is 1. The number of benzene rings is 1. The fourth-order valence-corrected chi connectivity index (χ4v) is 3.89. The summed E-state index contributed by atoms with van der Waals surface area (Å²) < 4.78 is 10.2. The molecular weight excluding hydrogens is 380 g/mol. The van der Waals surface area contributed by atoms with Crippen LogP contribution in [0.3, 0.4) is 0 Å². The Morgan fingerprint density at radius 2 is 2.07 bits per heavy atom. The summed E-state index contributed by atoms with van der Waals surface area (Å²) in [6.07, 6.45) is 1.79. The van der Waals surface area contributed by atoms with Gasteiger partial charge in [-0.15, -0.1) is 10.2 Å². The smallest absolute Gasteiger partial charge is 0.310 e. The molecule has 1 aromatic carbocycles. The highest BCUT2D eigenvalue weighted by Crippen LogP contribution is 2.22. The summed E-state index contributed by atoms with van der Waals surface area (Å²) in [7, 11) is 1.59. The minimum Gasteiger partial charge on any atom is -0.497 e. The number of likely N-dealkylation sites (tertiary alicyclic amines) is 1. The van der Waals surface area contributed by atoms with Crippen molar-refractivity contribution in [1.82, 2.24) is 15.1 Å². The first-order chi connectivity index (χ1) is 13.6. The third kappa shape index (κ3) is 5.26. The van der Waals surface area contributed by atoms with Crippen LogP contribution in [0.5, 0.6) is 5.75 Å². The van der Waals surface area contributed by atoms with E-state index in [1.165, 1.54) is 11.3 Å². The highest BCUT2D eigenvalue weighted by Gasteiger charge is 2.27.